The molecule has 0 amide bonds. The van der Waals surface area contributed by atoms with E-state index in [4.69, 9.17) is 4.74 Å². The third-order valence-electron chi connectivity index (χ3n) is 3.14. The van der Waals surface area contributed by atoms with Gasteiger partial charge in [0.25, 0.3) is 0 Å². The monoisotopic (exact) mass is 312 g/mol. The molecule has 0 spiro atoms. The number of guanidine groups is 1. The van der Waals surface area contributed by atoms with Crippen LogP contribution in [0.1, 0.15) is 16.2 Å². The van der Waals surface area contributed by atoms with Gasteiger partial charge in [-0.25, -0.2) is 0 Å². The zero-order valence-electron chi connectivity index (χ0n) is 13.6. The Morgan fingerprint density at radius 2 is 2.14 bits per heavy atom. The van der Waals surface area contributed by atoms with Crippen molar-refractivity contribution in [2.45, 2.75) is 19.9 Å². The zero-order valence-corrected chi connectivity index (χ0v) is 14.4. The molecule has 0 atom stereocenters. The van der Waals surface area contributed by atoms with Crippen molar-refractivity contribution in [2.24, 2.45) is 4.99 Å². The SMILES string of the molecule is CN=C(NCCCN(C)CCOC)NCc1ccc(C)s1. The Hall–Kier alpha value is -1.11. The van der Waals surface area contributed by atoms with Gasteiger partial charge in [-0.1, -0.05) is 0 Å². The second kappa shape index (κ2) is 10.6. The first-order valence-corrected chi connectivity index (χ1v) is 8.14. The maximum atomic E-state index is 5.06. The average molecular weight is 312 g/mol. The zero-order chi connectivity index (χ0) is 15.5. The number of thiophene rings is 1. The minimum Gasteiger partial charge on any atom is -0.383 e. The van der Waals surface area contributed by atoms with Gasteiger partial charge < -0.3 is 20.3 Å². The third-order valence-corrected chi connectivity index (χ3v) is 4.14. The van der Waals surface area contributed by atoms with E-state index in [-0.39, 0.29) is 0 Å². The normalized spacial score (nSPS) is 12.0. The molecule has 0 aromatic carbocycles. The van der Waals surface area contributed by atoms with E-state index in [1.54, 1.807) is 14.2 Å². The first-order valence-electron chi connectivity index (χ1n) is 7.33. The standard InChI is InChI=1S/C15H28N4OS/c1-13-6-7-14(21-13)12-18-15(16-2)17-8-5-9-19(3)10-11-20-4/h6-7H,5,8-12H2,1-4H3,(H2,16,17,18). The largest absolute Gasteiger partial charge is 0.383 e. The number of nitrogens with zero attached hydrogens (tertiary/aromatic N) is 2. The summed E-state index contributed by atoms with van der Waals surface area (Å²) in [6.07, 6.45) is 1.08. The number of nitrogens with one attached hydrogen (secondary N) is 2. The van der Waals surface area contributed by atoms with Crippen molar-refractivity contribution in [1.29, 1.82) is 0 Å². The fraction of sp³-hybridized carbons (Fsp3) is 0.667. The molecule has 0 saturated heterocycles. The topological polar surface area (TPSA) is 48.9 Å². The highest BCUT2D eigenvalue weighted by Crippen LogP contribution is 2.14. The molecule has 0 aliphatic carbocycles. The first-order chi connectivity index (χ1) is 10.2. The lowest BCUT2D eigenvalue weighted by atomic mass is 10.4. The van der Waals surface area contributed by atoms with Crippen LogP contribution < -0.4 is 10.6 Å². The summed E-state index contributed by atoms with van der Waals surface area (Å²) in [5.41, 5.74) is 0. The number of aryl methyl sites for hydroxylation is 1. The summed E-state index contributed by atoms with van der Waals surface area (Å²) in [4.78, 5) is 9.19. The van der Waals surface area contributed by atoms with Crippen LogP contribution in [0.25, 0.3) is 0 Å². The first kappa shape index (κ1) is 17.9. The molecule has 5 nitrogen and oxygen atoms in total. The number of rotatable bonds is 9. The van der Waals surface area contributed by atoms with E-state index in [1.807, 2.05) is 11.3 Å². The van der Waals surface area contributed by atoms with Crippen molar-refractivity contribution in [1.82, 2.24) is 15.5 Å². The summed E-state index contributed by atoms with van der Waals surface area (Å²) in [7, 11) is 5.66. The highest BCUT2D eigenvalue weighted by Gasteiger charge is 2.01. The van der Waals surface area contributed by atoms with Crippen LogP contribution in [0.2, 0.25) is 0 Å². The summed E-state index contributed by atoms with van der Waals surface area (Å²) in [6.45, 7) is 6.68. The smallest absolute Gasteiger partial charge is 0.191 e. The van der Waals surface area contributed by atoms with E-state index in [2.05, 4.69) is 46.6 Å². The van der Waals surface area contributed by atoms with Gasteiger partial charge >= 0.3 is 0 Å². The van der Waals surface area contributed by atoms with Crippen molar-refractivity contribution in [3.63, 3.8) is 0 Å². The summed E-state index contributed by atoms with van der Waals surface area (Å²) in [5, 5.41) is 6.68. The molecule has 2 N–H and O–H groups in total. The Bertz CT molecular complexity index is 420. The molecule has 1 aromatic rings. The highest BCUT2D eigenvalue weighted by atomic mass is 32.1. The van der Waals surface area contributed by atoms with Crippen LogP contribution >= 0.6 is 11.3 Å². The second-order valence-corrected chi connectivity index (χ2v) is 6.39. The Morgan fingerprint density at radius 1 is 1.33 bits per heavy atom. The summed E-state index contributed by atoms with van der Waals surface area (Å²) >= 11 is 1.82. The number of aliphatic imine (C=N–C) groups is 1. The number of methoxy groups -OCH3 is 1. The molecule has 21 heavy (non-hydrogen) atoms. The van der Waals surface area contributed by atoms with Gasteiger partial charge in [-0.2, -0.15) is 0 Å². The second-order valence-electron chi connectivity index (χ2n) is 5.01. The predicted octanol–water partition coefficient (Wildman–Crippen LogP) is 1.69. The van der Waals surface area contributed by atoms with E-state index in [0.717, 1.165) is 45.2 Å². The van der Waals surface area contributed by atoms with Crippen LogP contribution in [0.4, 0.5) is 0 Å². The third kappa shape index (κ3) is 8.04. The average Bonchev–Trinajstić information content (AvgIpc) is 2.90. The predicted molar refractivity (Wildman–Crippen MR) is 91.2 cm³/mol. The molecule has 0 radical (unpaired) electrons. The molecule has 1 aromatic heterocycles. The van der Waals surface area contributed by atoms with Gasteiger partial charge in [0.05, 0.1) is 13.2 Å². The molecule has 120 valence electrons. The fourth-order valence-corrected chi connectivity index (χ4v) is 2.72. The molecule has 0 aliphatic heterocycles. The van der Waals surface area contributed by atoms with Crippen LogP contribution in [0.3, 0.4) is 0 Å². The minimum atomic E-state index is 0.785. The Kier molecular flexibility index (Phi) is 9.05. The Balaban J connectivity index is 2.14. The van der Waals surface area contributed by atoms with Gasteiger partial charge in [0.1, 0.15) is 0 Å². The molecule has 0 fully saturated rings. The van der Waals surface area contributed by atoms with Crippen LogP contribution in [0.5, 0.6) is 0 Å². The van der Waals surface area contributed by atoms with Crippen molar-refractivity contribution >= 4 is 17.3 Å². The van der Waals surface area contributed by atoms with E-state index in [9.17, 15) is 0 Å². The van der Waals surface area contributed by atoms with Gasteiger partial charge in [0, 0.05) is 37.0 Å². The van der Waals surface area contributed by atoms with Crippen LogP contribution in [-0.4, -0.2) is 58.3 Å². The lowest BCUT2D eigenvalue weighted by Crippen LogP contribution is -2.38. The van der Waals surface area contributed by atoms with E-state index < -0.39 is 0 Å². The molecular weight excluding hydrogens is 284 g/mol. The van der Waals surface area contributed by atoms with Gasteiger partial charge in [0.15, 0.2) is 5.96 Å². The van der Waals surface area contributed by atoms with Gasteiger partial charge in [-0.15, -0.1) is 11.3 Å². The molecule has 1 rings (SSSR count). The lowest BCUT2D eigenvalue weighted by Gasteiger charge is -2.16. The Morgan fingerprint density at radius 3 is 2.76 bits per heavy atom. The molecule has 0 aliphatic rings. The van der Waals surface area contributed by atoms with Crippen molar-refractivity contribution in [3.05, 3.63) is 21.9 Å². The van der Waals surface area contributed by atoms with Crippen molar-refractivity contribution < 1.29 is 4.74 Å². The molecule has 0 unspecified atom stereocenters. The van der Waals surface area contributed by atoms with Gasteiger partial charge in [-0.3, -0.25) is 4.99 Å². The highest BCUT2D eigenvalue weighted by molar-refractivity contribution is 7.11. The maximum Gasteiger partial charge on any atom is 0.191 e. The van der Waals surface area contributed by atoms with Gasteiger partial charge in [-0.05, 0) is 39.1 Å². The quantitative estimate of drug-likeness (QED) is 0.414. The summed E-state index contributed by atoms with van der Waals surface area (Å²) in [6, 6.07) is 4.30. The lowest BCUT2D eigenvalue weighted by molar-refractivity contribution is 0.161. The number of ether oxygens (including phenoxy) is 1. The number of hydrogen-bond acceptors (Lipinski definition) is 4. The Labute approximate surface area is 132 Å². The number of likely N-dealkylation sites (N-methyl/N-ethyl adjacent to an activating group) is 1. The molecule has 0 bridgehead atoms. The van der Waals surface area contributed by atoms with Crippen molar-refractivity contribution in [3.8, 4) is 0 Å². The summed E-state index contributed by atoms with van der Waals surface area (Å²) < 4.78 is 5.06. The van der Waals surface area contributed by atoms with Crippen LogP contribution in [-0.2, 0) is 11.3 Å². The minimum absolute atomic E-state index is 0.785. The van der Waals surface area contributed by atoms with E-state index in [1.165, 1.54) is 9.75 Å². The van der Waals surface area contributed by atoms with Crippen LogP contribution in [0, 0.1) is 6.92 Å². The molecule has 0 saturated carbocycles. The summed E-state index contributed by atoms with van der Waals surface area (Å²) in [5.74, 6) is 0.862. The van der Waals surface area contributed by atoms with E-state index in [0.29, 0.717) is 0 Å². The molecule has 1 heterocycles. The molecule has 6 heteroatoms. The van der Waals surface area contributed by atoms with Crippen molar-refractivity contribution in [2.75, 3.05) is 47.4 Å². The van der Waals surface area contributed by atoms with Gasteiger partial charge in [0.2, 0.25) is 0 Å². The number of hydrogen-bond donors (Lipinski definition) is 2. The van der Waals surface area contributed by atoms with Crippen LogP contribution in [0.15, 0.2) is 17.1 Å². The van der Waals surface area contributed by atoms with E-state index >= 15 is 0 Å². The fourth-order valence-electron chi connectivity index (χ4n) is 1.89. The maximum absolute atomic E-state index is 5.06. The molecular formula is C15H28N4OS.